The van der Waals surface area contributed by atoms with E-state index in [1.54, 1.807) is 0 Å². The molecule has 2 N–H and O–H groups in total. The summed E-state index contributed by atoms with van der Waals surface area (Å²) < 4.78 is 0. The molecule has 1 fully saturated rings. The summed E-state index contributed by atoms with van der Waals surface area (Å²) in [4.78, 5) is 9.98. The minimum atomic E-state index is -0.130. The molecule has 1 rings (SSSR count). The van der Waals surface area contributed by atoms with Gasteiger partial charge < -0.3 is 5.73 Å². The third-order valence-electron chi connectivity index (χ3n) is 0.980. The zero-order valence-electron chi connectivity index (χ0n) is 3.79. The van der Waals surface area contributed by atoms with Crippen LogP contribution in [-0.4, -0.2) is 5.91 Å². The van der Waals surface area contributed by atoms with Gasteiger partial charge in [0.2, 0.25) is 5.91 Å². The fourth-order valence-electron chi connectivity index (χ4n) is 0.368. The second-order valence-electron chi connectivity index (χ2n) is 1.68. The van der Waals surface area contributed by atoms with Crippen molar-refractivity contribution in [2.75, 3.05) is 0 Å². The van der Waals surface area contributed by atoms with Gasteiger partial charge in [-0.25, -0.2) is 0 Å². The van der Waals surface area contributed by atoms with Crippen molar-refractivity contribution in [2.24, 2.45) is 11.7 Å². The van der Waals surface area contributed by atoms with E-state index < -0.39 is 0 Å². The topological polar surface area (TPSA) is 43.1 Å². The van der Waals surface area contributed by atoms with Crippen LogP contribution in [0, 0.1) is 5.92 Å². The molecule has 0 bridgehead atoms. The zero-order valence-corrected chi connectivity index (χ0v) is 5.35. The predicted octanol–water partition coefficient (Wildman–Crippen LogP) is -0.121. The van der Waals surface area contributed by atoms with Gasteiger partial charge in [0.1, 0.15) is 0 Å². The summed E-state index contributed by atoms with van der Waals surface area (Å²) in [5.41, 5.74) is 4.86. The normalized spacial score (nSPS) is 17.7. The predicted molar refractivity (Wildman–Crippen MR) is 21.9 cm³/mol. The van der Waals surface area contributed by atoms with Gasteiger partial charge in [0.15, 0.2) is 0 Å². The molecule has 0 aliphatic heterocycles. The number of hydrogen-bond acceptors (Lipinski definition) is 1. The Morgan fingerprint density at radius 2 is 2.00 bits per heavy atom. The smallest absolute Gasteiger partial charge is 0.220 e. The van der Waals surface area contributed by atoms with Gasteiger partial charge in [0, 0.05) is 26.3 Å². The first kappa shape index (κ1) is 7.13. The molecular weight excluding hydrogens is 184 g/mol. The van der Waals surface area contributed by atoms with E-state index in [9.17, 15) is 4.79 Å². The molecular formula is C4H7NOPd. The molecule has 0 aromatic carbocycles. The molecule has 1 amide bonds. The third-order valence-corrected chi connectivity index (χ3v) is 0.980. The molecule has 0 heterocycles. The molecule has 0 atom stereocenters. The largest absolute Gasteiger partial charge is 0.369 e. The zero-order chi connectivity index (χ0) is 4.57. The maximum atomic E-state index is 9.98. The van der Waals surface area contributed by atoms with Crippen LogP contribution in [0.3, 0.4) is 0 Å². The van der Waals surface area contributed by atoms with Gasteiger partial charge in [0.05, 0.1) is 0 Å². The van der Waals surface area contributed by atoms with Crippen LogP contribution in [-0.2, 0) is 25.2 Å². The molecule has 0 spiro atoms. The molecule has 3 heteroatoms. The van der Waals surface area contributed by atoms with E-state index in [1.165, 1.54) is 0 Å². The average molecular weight is 192 g/mol. The van der Waals surface area contributed by atoms with Crippen LogP contribution >= 0.6 is 0 Å². The number of primary amides is 1. The quantitative estimate of drug-likeness (QED) is 0.577. The van der Waals surface area contributed by atoms with Gasteiger partial charge in [-0.1, -0.05) is 0 Å². The summed E-state index contributed by atoms with van der Waals surface area (Å²) in [6, 6.07) is 0. The van der Waals surface area contributed by atoms with Crippen LogP contribution in [0.1, 0.15) is 12.8 Å². The first-order valence-electron chi connectivity index (χ1n) is 2.10. The summed E-state index contributed by atoms with van der Waals surface area (Å²) in [5, 5.41) is 0. The van der Waals surface area contributed by atoms with Gasteiger partial charge in [-0.2, -0.15) is 0 Å². The van der Waals surface area contributed by atoms with Crippen molar-refractivity contribution in [3.63, 3.8) is 0 Å². The minimum Gasteiger partial charge on any atom is -0.369 e. The van der Waals surface area contributed by atoms with E-state index in [1.807, 2.05) is 0 Å². The molecule has 0 aromatic rings. The molecule has 0 unspecified atom stereocenters. The number of amides is 1. The monoisotopic (exact) mass is 191 g/mol. The number of hydrogen-bond donors (Lipinski definition) is 1. The Balaban J connectivity index is 0.000000360. The fraction of sp³-hybridized carbons (Fsp3) is 0.750. The number of carbonyl (C=O) groups excluding carboxylic acids is 1. The van der Waals surface area contributed by atoms with E-state index in [0.717, 1.165) is 12.8 Å². The van der Waals surface area contributed by atoms with E-state index >= 15 is 0 Å². The van der Waals surface area contributed by atoms with Crippen molar-refractivity contribution in [3.05, 3.63) is 0 Å². The summed E-state index contributed by atoms with van der Waals surface area (Å²) in [5.74, 6) is 0.111. The molecule has 44 valence electrons. The maximum absolute atomic E-state index is 9.98. The number of nitrogens with two attached hydrogens (primary N) is 1. The molecule has 1 aliphatic rings. The summed E-state index contributed by atoms with van der Waals surface area (Å²) in [6.45, 7) is 0. The molecule has 0 radical (unpaired) electrons. The first-order chi connectivity index (χ1) is 2.80. The van der Waals surface area contributed by atoms with Crippen LogP contribution in [0.25, 0.3) is 0 Å². The second kappa shape index (κ2) is 2.44. The van der Waals surface area contributed by atoms with Crippen molar-refractivity contribution in [2.45, 2.75) is 12.8 Å². The molecule has 7 heavy (non-hydrogen) atoms. The van der Waals surface area contributed by atoms with Crippen LogP contribution in [0.5, 0.6) is 0 Å². The second-order valence-corrected chi connectivity index (χ2v) is 1.68. The van der Waals surface area contributed by atoms with E-state index in [4.69, 9.17) is 5.73 Å². The summed E-state index contributed by atoms with van der Waals surface area (Å²) in [6.07, 6.45) is 2.05. The Morgan fingerprint density at radius 1 is 1.57 bits per heavy atom. The minimum absolute atomic E-state index is 0. The van der Waals surface area contributed by atoms with Crippen LogP contribution in [0.4, 0.5) is 0 Å². The van der Waals surface area contributed by atoms with Crippen molar-refractivity contribution < 1.29 is 25.2 Å². The van der Waals surface area contributed by atoms with Crippen molar-refractivity contribution in [3.8, 4) is 0 Å². The number of carbonyl (C=O) groups is 1. The van der Waals surface area contributed by atoms with Gasteiger partial charge in [0.25, 0.3) is 0 Å². The maximum Gasteiger partial charge on any atom is 0.220 e. The van der Waals surface area contributed by atoms with Gasteiger partial charge in [-0.3, -0.25) is 4.79 Å². The molecule has 1 saturated carbocycles. The third kappa shape index (κ3) is 2.06. The SMILES string of the molecule is NC(=O)C1CC1.[Pd]. The Labute approximate surface area is 56.1 Å². The molecule has 0 aromatic heterocycles. The summed E-state index contributed by atoms with van der Waals surface area (Å²) >= 11 is 0. The van der Waals surface area contributed by atoms with E-state index in [2.05, 4.69) is 0 Å². The molecule has 2 nitrogen and oxygen atoms in total. The Bertz CT molecular complexity index is 79.8. The molecule has 0 saturated heterocycles. The van der Waals surface area contributed by atoms with Crippen molar-refractivity contribution >= 4 is 5.91 Å². The van der Waals surface area contributed by atoms with E-state index in [-0.39, 0.29) is 32.2 Å². The van der Waals surface area contributed by atoms with Gasteiger partial charge >= 0.3 is 0 Å². The molecule has 1 aliphatic carbocycles. The first-order valence-corrected chi connectivity index (χ1v) is 2.10. The fourth-order valence-corrected chi connectivity index (χ4v) is 0.368. The Hall–Kier alpha value is 0.132. The van der Waals surface area contributed by atoms with Gasteiger partial charge in [-0.15, -0.1) is 0 Å². The Kier molecular flexibility index (Phi) is 2.49. The summed E-state index contributed by atoms with van der Waals surface area (Å²) in [7, 11) is 0. The van der Waals surface area contributed by atoms with Gasteiger partial charge in [-0.05, 0) is 12.8 Å². The Morgan fingerprint density at radius 3 is 2.00 bits per heavy atom. The van der Waals surface area contributed by atoms with Crippen LogP contribution < -0.4 is 5.73 Å². The van der Waals surface area contributed by atoms with Crippen molar-refractivity contribution in [1.82, 2.24) is 0 Å². The standard InChI is InChI=1S/C4H7NO.Pd/c5-4(6)3-1-2-3;/h3H,1-2H2,(H2,5,6);. The van der Waals surface area contributed by atoms with Crippen LogP contribution in [0.2, 0.25) is 0 Å². The average Bonchev–Trinajstić information content (AvgIpc) is 2.06. The van der Waals surface area contributed by atoms with E-state index in [0.29, 0.717) is 0 Å². The number of rotatable bonds is 1. The van der Waals surface area contributed by atoms with Crippen molar-refractivity contribution in [1.29, 1.82) is 0 Å². The van der Waals surface area contributed by atoms with Crippen LogP contribution in [0.15, 0.2) is 0 Å².